The Kier molecular flexibility index (Phi) is 7.93. The first-order valence-electron chi connectivity index (χ1n) is 11.1. The van der Waals surface area contributed by atoms with Gasteiger partial charge in [-0.05, 0) is 53.4 Å². The number of benzene rings is 2. The van der Waals surface area contributed by atoms with Crippen molar-refractivity contribution in [2.24, 2.45) is 0 Å². The summed E-state index contributed by atoms with van der Waals surface area (Å²) < 4.78 is 60.6. The molecule has 2 heterocycles. The fourth-order valence-corrected chi connectivity index (χ4v) is 7.15. The summed E-state index contributed by atoms with van der Waals surface area (Å²) in [6.07, 6.45) is 3.37. The third-order valence-electron chi connectivity index (χ3n) is 6.10. The number of aryl methyl sites for hydroxylation is 1. The molecule has 37 heavy (non-hydrogen) atoms. The number of carbonyl (C=O) groups excluding carboxylic acids is 1. The molecule has 1 aromatic heterocycles. The van der Waals surface area contributed by atoms with E-state index in [0.29, 0.717) is 5.56 Å². The fourth-order valence-electron chi connectivity index (χ4n) is 4.32. The zero-order valence-electron chi connectivity index (χ0n) is 19.6. The number of carbonyl (C=O) groups is 1. The molecule has 1 aliphatic rings. The molecule has 2 aromatic carbocycles. The highest BCUT2D eigenvalue weighted by Gasteiger charge is 2.40. The summed E-state index contributed by atoms with van der Waals surface area (Å²) in [4.78, 5) is 17.8. The Morgan fingerprint density at radius 3 is 2.51 bits per heavy atom. The standard InChI is InChI=1S/C24H23Cl2N3O6S2/c1-16-13-27-9-8-19(16)17-4-2-5-18(12-17)21-14-28(23(30)15-36(31,32)33)10-11-29(21)37(34,35)22-7-3-6-20(25)24(22)26/h2-9,12-13,21H,10-11,14-15H2,1H3,(H,31,32,33). The Balaban J connectivity index is 1.79. The molecule has 0 aliphatic carbocycles. The molecule has 1 N–H and O–H groups in total. The summed E-state index contributed by atoms with van der Waals surface area (Å²) in [6, 6.07) is 12.5. The minimum absolute atomic E-state index is 0.0780. The molecule has 1 atom stereocenters. The van der Waals surface area contributed by atoms with E-state index in [9.17, 15) is 21.6 Å². The second-order valence-corrected chi connectivity index (χ2v) is 12.7. The van der Waals surface area contributed by atoms with Gasteiger partial charge in [-0.1, -0.05) is 47.5 Å². The van der Waals surface area contributed by atoms with Crippen molar-refractivity contribution in [1.82, 2.24) is 14.2 Å². The van der Waals surface area contributed by atoms with Crippen molar-refractivity contribution in [3.05, 3.63) is 82.1 Å². The number of rotatable bonds is 6. The van der Waals surface area contributed by atoms with E-state index in [4.69, 9.17) is 27.8 Å². The number of nitrogens with zero attached hydrogens (tertiary/aromatic N) is 3. The second kappa shape index (κ2) is 10.7. The lowest BCUT2D eigenvalue weighted by atomic mass is 9.97. The van der Waals surface area contributed by atoms with Gasteiger partial charge >= 0.3 is 0 Å². The Morgan fingerprint density at radius 1 is 1.08 bits per heavy atom. The average Bonchev–Trinajstić information content (AvgIpc) is 2.84. The van der Waals surface area contributed by atoms with E-state index >= 15 is 0 Å². The van der Waals surface area contributed by atoms with Gasteiger partial charge in [0.15, 0.2) is 5.75 Å². The Labute approximate surface area is 225 Å². The molecule has 1 fully saturated rings. The van der Waals surface area contributed by atoms with Crippen LogP contribution < -0.4 is 0 Å². The van der Waals surface area contributed by atoms with Crippen LogP contribution in [0.5, 0.6) is 0 Å². The molecule has 4 rings (SSSR count). The number of hydrogen-bond acceptors (Lipinski definition) is 6. The predicted molar refractivity (Wildman–Crippen MR) is 141 cm³/mol. The van der Waals surface area contributed by atoms with Gasteiger partial charge < -0.3 is 4.90 Å². The van der Waals surface area contributed by atoms with E-state index in [1.54, 1.807) is 24.5 Å². The van der Waals surface area contributed by atoms with Gasteiger partial charge in [0.1, 0.15) is 4.90 Å². The summed E-state index contributed by atoms with van der Waals surface area (Å²) in [5.41, 5.74) is 3.22. The number of sulfonamides is 1. The molecule has 9 nitrogen and oxygen atoms in total. The molecule has 1 aliphatic heterocycles. The Morgan fingerprint density at radius 2 is 1.81 bits per heavy atom. The predicted octanol–water partition coefficient (Wildman–Crippen LogP) is 3.83. The van der Waals surface area contributed by atoms with Crippen molar-refractivity contribution in [1.29, 1.82) is 0 Å². The minimum atomic E-state index is -4.56. The molecular formula is C24H23Cl2N3O6S2. The van der Waals surface area contributed by atoms with E-state index in [-0.39, 0.29) is 34.6 Å². The quantitative estimate of drug-likeness (QED) is 0.437. The van der Waals surface area contributed by atoms with Crippen LogP contribution >= 0.6 is 23.2 Å². The lowest BCUT2D eigenvalue weighted by Crippen LogP contribution is -2.53. The van der Waals surface area contributed by atoms with E-state index in [2.05, 4.69) is 4.98 Å². The summed E-state index contributed by atoms with van der Waals surface area (Å²) in [5, 5.41) is -0.0367. The van der Waals surface area contributed by atoms with Crippen LogP contribution in [-0.2, 0) is 24.9 Å². The molecule has 1 amide bonds. The number of pyridine rings is 1. The maximum Gasteiger partial charge on any atom is 0.274 e. The van der Waals surface area contributed by atoms with Crippen LogP contribution in [0.4, 0.5) is 0 Å². The molecule has 0 spiro atoms. The highest BCUT2D eigenvalue weighted by atomic mass is 35.5. The van der Waals surface area contributed by atoms with Gasteiger partial charge in [0, 0.05) is 32.0 Å². The highest BCUT2D eigenvalue weighted by Crippen LogP contribution is 2.37. The van der Waals surface area contributed by atoms with Crippen molar-refractivity contribution in [2.45, 2.75) is 17.9 Å². The first-order valence-corrected chi connectivity index (χ1v) is 14.9. The van der Waals surface area contributed by atoms with E-state index in [1.165, 1.54) is 27.4 Å². The Hall–Kier alpha value is -2.54. The van der Waals surface area contributed by atoms with E-state index in [1.807, 2.05) is 25.1 Å². The molecule has 0 radical (unpaired) electrons. The van der Waals surface area contributed by atoms with Gasteiger partial charge in [0.2, 0.25) is 15.9 Å². The summed E-state index contributed by atoms with van der Waals surface area (Å²) in [7, 11) is -8.74. The van der Waals surface area contributed by atoms with Crippen LogP contribution in [0.2, 0.25) is 10.0 Å². The Bertz CT molecular complexity index is 1560. The van der Waals surface area contributed by atoms with Crippen LogP contribution in [0.15, 0.2) is 65.8 Å². The monoisotopic (exact) mass is 583 g/mol. The van der Waals surface area contributed by atoms with Crippen LogP contribution in [0.25, 0.3) is 11.1 Å². The first-order chi connectivity index (χ1) is 17.4. The van der Waals surface area contributed by atoms with Gasteiger partial charge in [-0.3, -0.25) is 14.3 Å². The fraction of sp³-hybridized carbons (Fsp3) is 0.250. The molecule has 0 bridgehead atoms. The SMILES string of the molecule is Cc1cnccc1-c1cccc(C2CN(C(=O)CS(=O)(=O)O)CCN2S(=O)(=O)c2cccc(Cl)c2Cl)c1. The van der Waals surface area contributed by atoms with Gasteiger partial charge in [-0.15, -0.1) is 0 Å². The molecule has 1 unspecified atom stereocenters. The lowest BCUT2D eigenvalue weighted by molar-refractivity contribution is -0.130. The topological polar surface area (TPSA) is 125 Å². The number of aromatic nitrogens is 1. The molecule has 0 saturated carbocycles. The van der Waals surface area contributed by atoms with Gasteiger partial charge in [-0.2, -0.15) is 12.7 Å². The highest BCUT2D eigenvalue weighted by molar-refractivity contribution is 7.89. The first kappa shape index (κ1) is 27.5. The maximum atomic E-state index is 13.8. The van der Waals surface area contributed by atoms with Gasteiger partial charge in [-0.25, -0.2) is 8.42 Å². The van der Waals surface area contributed by atoms with E-state index in [0.717, 1.165) is 16.7 Å². The van der Waals surface area contributed by atoms with Crippen LogP contribution in [-0.4, -0.2) is 66.9 Å². The molecule has 13 heteroatoms. The molecule has 3 aromatic rings. The second-order valence-electron chi connectivity index (χ2n) is 8.57. The summed E-state index contributed by atoms with van der Waals surface area (Å²) in [6.45, 7) is 1.56. The van der Waals surface area contributed by atoms with Crippen molar-refractivity contribution in [2.75, 3.05) is 25.4 Å². The minimum Gasteiger partial charge on any atom is -0.338 e. The molecule has 1 saturated heterocycles. The van der Waals surface area contributed by atoms with Gasteiger partial charge in [0.05, 0.1) is 16.1 Å². The van der Waals surface area contributed by atoms with Gasteiger partial charge in [0.25, 0.3) is 10.1 Å². The zero-order valence-corrected chi connectivity index (χ0v) is 22.7. The summed E-state index contributed by atoms with van der Waals surface area (Å²) in [5.74, 6) is -1.92. The molecule has 196 valence electrons. The molecular weight excluding hydrogens is 561 g/mol. The summed E-state index contributed by atoms with van der Waals surface area (Å²) >= 11 is 12.4. The third kappa shape index (κ3) is 5.97. The number of halogens is 2. The zero-order chi connectivity index (χ0) is 27.0. The van der Waals surface area contributed by atoms with Crippen LogP contribution in [0.3, 0.4) is 0 Å². The van der Waals surface area contributed by atoms with Crippen LogP contribution in [0.1, 0.15) is 17.2 Å². The lowest BCUT2D eigenvalue weighted by Gasteiger charge is -2.41. The van der Waals surface area contributed by atoms with Crippen molar-refractivity contribution in [3.63, 3.8) is 0 Å². The third-order valence-corrected chi connectivity index (χ3v) is 9.59. The van der Waals surface area contributed by atoms with Crippen LogP contribution in [0, 0.1) is 6.92 Å². The average molecular weight is 585 g/mol. The number of hydrogen-bond donors (Lipinski definition) is 1. The number of amides is 1. The number of piperazine rings is 1. The van der Waals surface area contributed by atoms with E-state index < -0.39 is 37.8 Å². The largest absolute Gasteiger partial charge is 0.338 e. The smallest absolute Gasteiger partial charge is 0.274 e. The van der Waals surface area contributed by atoms with Crippen molar-refractivity contribution < 1.29 is 26.2 Å². The van der Waals surface area contributed by atoms with Crippen molar-refractivity contribution >= 4 is 49.3 Å². The normalized spacial score (nSPS) is 17.1. The maximum absolute atomic E-state index is 13.8. The van der Waals surface area contributed by atoms with Crippen molar-refractivity contribution in [3.8, 4) is 11.1 Å².